The van der Waals surface area contributed by atoms with Crippen molar-refractivity contribution in [3.05, 3.63) is 91.9 Å². The second-order valence-electron chi connectivity index (χ2n) is 12.0. The third-order valence-electron chi connectivity index (χ3n) is 8.92. The lowest BCUT2D eigenvalue weighted by atomic mass is 9.99. The van der Waals surface area contributed by atoms with Crippen LogP contribution in [-0.4, -0.2) is 45.4 Å². The molecule has 5 aromatic rings. The predicted molar refractivity (Wildman–Crippen MR) is 185 cm³/mol. The maximum atomic E-state index is 13.0. The van der Waals surface area contributed by atoms with Crippen molar-refractivity contribution in [2.75, 3.05) is 19.0 Å². The number of carbonyl (C=O) groups excluding carboxylic acids is 1. The molecule has 0 radical (unpaired) electrons. The molecule has 2 atom stereocenters. The Bertz CT molecular complexity index is 2120. The summed E-state index contributed by atoms with van der Waals surface area (Å²) in [7, 11) is 3.24. The molecular formula is C35H33Cl2N7O3. The fourth-order valence-corrected chi connectivity index (χ4v) is 7.20. The first-order valence-corrected chi connectivity index (χ1v) is 16.3. The summed E-state index contributed by atoms with van der Waals surface area (Å²) >= 11 is 14.2. The highest BCUT2D eigenvalue weighted by Gasteiger charge is 2.30. The Morgan fingerprint density at radius 1 is 1.00 bits per heavy atom. The van der Waals surface area contributed by atoms with E-state index in [0.29, 0.717) is 62.4 Å². The quantitative estimate of drug-likeness (QED) is 0.176. The summed E-state index contributed by atoms with van der Waals surface area (Å²) in [5, 5.41) is 16.1. The van der Waals surface area contributed by atoms with E-state index in [-0.39, 0.29) is 23.6 Å². The lowest BCUT2D eigenvalue weighted by Gasteiger charge is -2.20. The zero-order valence-corrected chi connectivity index (χ0v) is 27.7. The highest BCUT2D eigenvalue weighted by Crippen LogP contribution is 2.44. The second kappa shape index (κ2) is 12.6. The Balaban J connectivity index is 1.21. The number of pyridine rings is 2. The number of anilines is 2. The molecule has 1 aliphatic carbocycles. The van der Waals surface area contributed by atoms with Crippen molar-refractivity contribution in [2.45, 2.75) is 44.7 Å². The highest BCUT2D eigenvalue weighted by molar-refractivity contribution is 6.39. The molecule has 47 heavy (non-hydrogen) atoms. The molecule has 0 bridgehead atoms. The molecule has 2 aromatic carbocycles. The molecule has 1 unspecified atom stereocenters. The average molecular weight is 671 g/mol. The zero-order chi connectivity index (χ0) is 32.8. The van der Waals surface area contributed by atoms with Crippen molar-refractivity contribution < 1.29 is 9.53 Å². The molecule has 1 aliphatic heterocycles. The van der Waals surface area contributed by atoms with Gasteiger partial charge in [0.1, 0.15) is 5.82 Å². The van der Waals surface area contributed by atoms with E-state index in [4.69, 9.17) is 32.9 Å². The number of hydrogen-bond acceptors (Lipinski definition) is 8. The third-order valence-corrected chi connectivity index (χ3v) is 9.74. The van der Waals surface area contributed by atoms with Crippen LogP contribution in [0.25, 0.3) is 33.2 Å². The summed E-state index contributed by atoms with van der Waals surface area (Å²) in [4.78, 5) is 34.2. The first kappa shape index (κ1) is 31.1. The van der Waals surface area contributed by atoms with Gasteiger partial charge in [-0.15, -0.1) is 0 Å². The molecule has 1 fully saturated rings. The Hall–Kier alpha value is -4.51. The van der Waals surface area contributed by atoms with Gasteiger partial charge in [-0.3, -0.25) is 9.59 Å². The molecular weight excluding hydrogens is 637 g/mol. The molecule has 3 aromatic heterocycles. The van der Waals surface area contributed by atoms with Crippen LogP contribution in [0.2, 0.25) is 10.0 Å². The molecule has 12 heteroatoms. The number of aromatic nitrogens is 4. The van der Waals surface area contributed by atoms with Crippen LogP contribution in [-0.2, 0) is 18.3 Å². The Morgan fingerprint density at radius 2 is 1.77 bits per heavy atom. The topological polar surface area (TPSA) is 123 Å². The molecule has 7 rings (SSSR count). The number of amides is 1. The molecule has 1 saturated heterocycles. The lowest BCUT2D eigenvalue weighted by Crippen LogP contribution is -2.36. The van der Waals surface area contributed by atoms with E-state index in [1.54, 1.807) is 20.4 Å². The molecule has 0 saturated carbocycles. The van der Waals surface area contributed by atoms with Gasteiger partial charge in [-0.25, -0.2) is 14.6 Å². The predicted octanol–water partition coefficient (Wildman–Crippen LogP) is 6.28. The number of nitrogens with zero attached hydrogens (tertiary/aromatic N) is 4. The zero-order valence-electron chi connectivity index (χ0n) is 26.2. The van der Waals surface area contributed by atoms with E-state index in [1.807, 2.05) is 49.4 Å². The van der Waals surface area contributed by atoms with E-state index in [1.165, 1.54) is 4.68 Å². The number of hydrogen-bond donors (Lipinski definition) is 3. The van der Waals surface area contributed by atoms with E-state index < -0.39 is 0 Å². The fraction of sp³-hybridized carbons (Fsp3) is 0.286. The van der Waals surface area contributed by atoms with Crippen LogP contribution < -0.4 is 26.2 Å². The van der Waals surface area contributed by atoms with Crippen molar-refractivity contribution >= 4 is 51.4 Å². The summed E-state index contributed by atoms with van der Waals surface area (Å²) < 4.78 is 7.09. The minimum Gasteiger partial charge on any atom is -0.481 e. The molecule has 4 heterocycles. The first-order chi connectivity index (χ1) is 22.7. The SMILES string of the molecule is COc1nc(-c2cccc(-c3cccc(Nc4nc(C)cc5cnn(C)c(=O)c45)c3Cl)c2Cl)cc2c1C(NC[C@H]1CCC(=O)N1)CC2. The molecule has 240 valence electrons. The van der Waals surface area contributed by atoms with Crippen LogP contribution in [0.15, 0.2) is 59.5 Å². The van der Waals surface area contributed by atoms with E-state index in [0.717, 1.165) is 47.2 Å². The molecule has 2 aliphatic rings. The number of rotatable bonds is 8. The summed E-state index contributed by atoms with van der Waals surface area (Å²) in [5.41, 5.74) is 6.18. The van der Waals surface area contributed by atoms with Gasteiger partial charge in [0, 0.05) is 65.4 Å². The van der Waals surface area contributed by atoms with E-state index >= 15 is 0 Å². The number of methoxy groups -OCH3 is 1. The van der Waals surface area contributed by atoms with Crippen LogP contribution >= 0.6 is 23.2 Å². The van der Waals surface area contributed by atoms with E-state index in [9.17, 15) is 9.59 Å². The van der Waals surface area contributed by atoms with Gasteiger partial charge in [0.25, 0.3) is 5.56 Å². The Labute approximate surface area is 281 Å². The van der Waals surface area contributed by atoms with Gasteiger partial charge in [0.2, 0.25) is 11.8 Å². The number of ether oxygens (including phenoxy) is 1. The summed E-state index contributed by atoms with van der Waals surface area (Å²) in [6.07, 6.45) is 4.85. The number of halogens is 2. The first-order valence-electron chi connectivity index (χ1n) is 15.5. The fourth-order valence-electron chi connectivity index (χ4n) is 6.60. The molecule has 10 nitrogen and oxygen atoms in total. The monoisotopic (exact) mass is 669 g/mol. The number of aryl methyl sites for hydroxylation is 3. The molecule has 0 spiro atoms. The van der Waals surface area contributed by atoms with Crippen molar-refractivity contribution in [3.8, 4) is 28.3 Å². The standard InChI is InChI=1S/C35H33Cl2N7O3/c1-18-14-20-16-39-44(2)35(46)30(20)33(40-18)42-26-9-5-7-23(32(26)37)22-6-4-8-24(31(22)36)27-15-19-10-12-25(29(19)34(43-27)47-3)38-17-21-11-13-28(45)41-21/h4-9,14-16,21,25,38H,10-13,17H2,1-3H3,(H,40,42)(H,41,45)/t21-,25?/m1/s1. The molecule has 3 N–H and O–H groups in total. The highest BCUT2D eigenvalue weighted by atomic mass is 35.5. The van der Waals surface area contributed by atoms with Gasteiger partial charge < -0.3 is 20.7 Å². The Morgan fingerprint density at radius 3 is 2.53 bits per heavy atom. The van der Waals surface area contributed by atoms with Crippen molar-refractivity contribution in [2.24, 2.45) is 7.05 Å². The van der Waals surface area contributed by atoms with Crippen LogP contribution in [0.1, 0.15) is 42.1 Å². The van der Waals surface area contributed by atoms with Crippen LogP contribution in [0, 0.1) is 6.92 Å². The number of fused-ring (bicyclic) bond motifs is 2. The lowest BCUT2D eigenvalue weighted by molar-refractivity contribution is -0.119. The average Bonchev–Trinajstić information content (AvgIpc) is 3.68. The van der Waals surface area contributed by atoms with Crippen LogP contribution in [0.5, 0.6) is 5.88 Å². The van der Waals surface area contributed by atoms with Gasteiger partial charge in [-0.1, -0.05) is 53.5 Å². The smallest absolute Gasteiger partial charge is 0.278 e. The van der Waals surface area contributed by atoms with Gasteiger partial charge >= 0.3 is 0 Å². The summed E-state index contributed by atoms with van der Waals surface area (Å²) in [6.45, 7) is 2.56. The largest absolute Gasteiger partial charge is 0.481 e. The second-order valence-corrected chi connectivity index (χ2v) is 12.8. The number of carbonyl (C=O) groups is 1. The third kappa shape index (κ3) is 5.81. The van der Waals surface area contributed by atoms with Gasteiger partial charge in [0.15, 0.2) is 0 Å². The van der Waals surface area contributed by atoms with Gasteiger partial charge in [-0.05, 0) is 49.9 Å². The maximum absolute atomic E-state index is 13.0. The van der Waals surface area contributed by atoms with Gasteiger partial charge in [0.05, 0.1) is 40.1 Å². The minimum absolute atomic E-state index is 0.0892. The molecule has 1 amide bonds. The summed E-state index contributed by atoms with van der Waals surface area (Å²) in [5.74, 6) is 1.07. The van der Waals surface area contributed by atoms with E-state index in [2.05, 4.69) is 32.1 Å². The van der Waals surface area contributed by atoms with Crippen molar-refractivity contribution in [1.82, 2.24) is 30.4 Å². The van der Waals surface area contributed by atoms with Crippen LogP contribution in [0.3, 0.4) is 0 Å². The van der Waals surface area contributed by atoms with Gasteiger partial charge in [-0.2, -0.15) is 5.10 Å². The Kier molecular flexibility index (Phi) is 8.34. The minimum atomic E-state index is -0.262. The summed E-state index contributed by atoms with van der Waals surface area (Å²) in [6, 6.07) is 15.6. The van der Waals surface area contributed by atoms with Crippen molar-refractivity contribution in [1.29, 1.82) is 0 Å². The number of nitrogens with one attached hydrogen (secondary N) is 3. The maximum Gasteiger partial charge on any atom is 0.278 e. The van der Waals surface area contributed by atoms with Crippen LogP contribution in [0.4, 0.5) is 11.5 Å². The van der Waals surface area contributed by atoms with Crippen molar-refractivity contribution in [3.63, 3.8) is 0 Å². The number of benzene rings is 2. The normalized spacial score (nSPS) is 17.2.